The van der Waals surface area contributed by atoms with Crippen LogP contribution in [0.3, 0.4) is 0 Å². The fourth-order valence-corrected chi connectivity index (χ4v) is 2.33. The molecule has 1 rings (SSSR count). The third-order valence-electron chi connectivity index (χ3n) is 3.58. The van der Waals surface area contributed by atoms with Gasteiger partial charge in [-0.1, -0.05) is 13.3 Å². The first-order valence-corrected chi connectivity index (χ1v) is 7.98. The van der Waals surface area contributed by atoms with Crippen molar-refractivity contribution in [2.24, 2.45) is 5.92 Å². The molecule has 4 heteroatoms. The molecule has 20 heavy (non-hydrogen) atoms. The number of unbranched alkanes of at least 4 members (excludes halogenated alkanes) is 1. The van der Waals surface area contributed by atoms with Crippen molar-refractivity contribution >= 4 is 6.09 Å². The van der Waals surface area contributed by atoms with Crippen molar-refractivity contribution in [3.63, 3.8) is 0 Å². The molecule has 0 aromatic carbocycles. The Morgan fingerprint density at radius 2 is 1.85 bits per heavy atom. The quantitative estimate of drug-likeness (QED) is 0.696. The van der Waals surface area contributed by atoms with Gasteiger partial charge in [-0.05, 0) is 52.4 Å². The molecule has 0 aliphatic carbocycles. The Bertz CT molecular complexity index is 278. The van der Waals surface area contributed by atoms with Crippen LogP contribution in [0.2, 0.25) is 0 Å². The van der Waals surface area contributed by atoms with Gasteiger partial charge in [-0.2, -0.15) is 0 Å². The summed E-state index contributed by atoms with van der Waals surface area (Å²) in [6.45, 7) is 11.3. The third-order valence-corrected chi connectivity index (χ3v) is 3.58. The number of amides is 1. The Balaban J connectivity index is 2.15. The van der Waals surface area contributed by atoms with Crippen LogP contribution in [0.4, 0.5) is 4.79 Å². The van der Waals surface area contributed by atoms with Crippen LogP contribution in [0, 0.1) is 5.92 Å². The molecule has 0 atom stereocenters. The number of rotatable bonds is 6. The number of likely N-dealkylation sites (tertiary alicyclic amines) is 1. The molecule has 1 saturated heterocycles. The second-order valence-electron chi connectivity index (χ2n) is 6.67. The summed E-state index contributed by atoms with van der Waals surface area (Å²) in [7, 11) is 0. The van der Waals surface area contributed by atoms with E-state index in [1.54, 1.807) is 0 Å². The van der Waals surface area contributed by atoms with Gasteiger partial charge < -0.3 is 14.4 Å². The molecule has 0 radical (unpaired) electrons. The van der Waals surface area contributed by atoms with Crippen molar-refractivity contribution in [1.29, 1.82) is 0 Å². The normalized spacial score (nSPS) is 17.3. The van der Waals surface area contributed by atoms with Gasteiger partial charge in [0.25, 0.3) is 0 Å². The zero-order valence-corrected chi connectivity index (χ0v) is 13.6. The molecule has 1 heterocycles. The number of hydrogen-bond acceptors (Lipinski definition) is 3. The van der Waals surface area contributed by atoms with Crippen LogP contribution in [0.25, 0.3) is 0 Å². The van der Waals surface area contributed by atoms with Gasteiger partial charge in [0.2, 0.25) is 0 Å². The lowest BCUT2D eigenvalue weighted by Gasteiger charge is -2.33. The smallest absolute Gasteiger partial charge is 0.410 e. The summed E-state index contributed by atoms with van der Waals surface area (Å²) in [5.74, 6) is 0.690. The molecule has 1 aliphatic rings. The maximum absolute atomic E-state index is 11.9. The molecule has 118 valence electrons. The van der Waals surface area contributed by atoms with Gasteiger partial charge in [-0.15, -0.1) is 0 Å². The first kappa shape index (κ1) is 17.3. The highest BCUT2D eigenvalue weighted by Crippen LogP contribution is 2.22. The summed E-state index contributed by atoms with van der Waals surface area (Å²) in [6.07, 6.45) is 5.42. The molecule has 0 saturated carbocycles. The van der Waals surface area contributed by atoms with Gasteiger partial charge in [0.15, 0.2) is 0 Å². The second kappa shape index (κ2) is 8.50. The maximum atomic E-state index is 11.9. The van der Waals surface area contributed by atoms with E-state index in [-0.39, 0.29) is 6.09 Å². The molecule has 0 N–H and O–H groups in total. The van der Waals surface area contributed by atoms with Crippen LogP contribution in [-0.2, 0) is 9.47 Å². The minimum absolute atomic E-state index is 0.171. The Morgan fingerprint density at radius 1 is 1.20 bits per heavy atom. The van der Waals surface area contributed by atoms with Gasteiger partial charge >= 0.3 is 6.09 Å². The van der Waals surface area contributed by atoms with Crippen LogP contribution in [0.5, 0.6) is 0 Å². The van der Waals surface area contributed by atoms with Crippen LogP contribution in [0.1, 0.15) is 59.8 Å². The van der Waals surface area contributed by atoms with Crippen molar-refractivity contribution in [2.75, 3.05) is 26.3 Å². The van der Waals surface area contributed by atoms with E-state index < -0.39 is 5.60 Å². The van der Waals surface area contributed by atoms with Crippen molar-refractivity contribution in [3.05, 3.63) is 0 Å². The highest BCUT2D eigenvalue weighted by atomic mass is 16.6. The third kappa shape index (κ3) is 7.13. The lowest BCUT2D eigenvalue weighted by Crippen LogP contribution is -2.41. The second-order valence-corrected chi connectivity index (χ2v) is 6.67. The van der Waals surface area contributed by atoms with Gasteiger partial charge in [-0.3, -0.25) is 0 Å². The summed E-state index contributed by atoms with van der Waals surface area (Å²) in [4.78, 5) is 13.8. The number of carbonyl (C=O) groups excluding carboxylic acids is 1. The van der Waals surface area contributed by atoms with Crippen molar-refractivity contribution in [2.45, 2.75) is 65.4 Å². The Kier molecular flexibility index (Phi) is 7.35. The van der Waals surface area contributed by atoms with E-state index in [4.69, 9.17) is 9.47 Å². The maximum Gasteiger partial charge on any atom is 0.410 e. The number of carbonyl (C=O) groups is 1. The molecule has 1 aliphatic heterocycles. The Labute approximate surface area is 123 Å². The zero-order chi connectivity index (χ0) is 15.0. The van der Waals surface area contributed by atoms with E-state index in [9.17, 15) is 4.79 Å². The Hall–Kier alpha value is -0.770. The van der Waals surface area contributed by atoms with E-state index in [1.807, 2.05) is 25.7 Å². The van der Waals surface area contributed by atoms with Gasteiger partial charge in [0, 0.05) is 26.3 Å². The fraction of sp³-hybridized carbons (Fsp3) is 0.938. The average molecular weight is 285 g/mol. The lowest BCUT2D eigenvalue weighted by molar-refractivity contribution is 0.0167. The number of hydrogen-bond donors (Lipinski definition) is 0. The van der Waals surface area contributed by atoms with Crippen LogP contribution < -0.4 is 0 Å². The predicted molar refractivity (Wildman–Crippen MR) is 80.9 cm³/mol. The summed E-state index contributed by atoms with van der Waals surface area (Å²) < 4.78 is 11.0. The standard InChI is InChI=1S/C16H31NO3/c1-5-6-12-19-13-9-14-7-10-17(11-8-14)15(18)20-16(2,3)4/h14H,5-13H2,1-4H3. The molecule has 1 fully saturated rings. The average Bonchev–Trinajstić information content (AvgIpc) is 2.37. The predicted octanol–water partition coefficient (Wildman–Crippen LogP) is 3.84. The zero-order valence-electron chi connectivity index (χ0n) is 13.6. The number of ether oxygens (including phenoxy) is 2. The highest BCUT2D eigenvalue weighted by Gasteiger charge is 2.26. The highest BCUT2D eigenvalue weighted by molar-refractivity contribution is 5.68. The molecule has 0 aromatic rings. The molecule has 4 nitrogen and oxygen atoms in total. The van der Waals surface area contributed by atoms with Gasteiger partial charge in [-0.25, -0.2) is 4.79 Å². The largest absolute Gasteiger partial charge is 0.444 e. The first-order chi connectivity index (χ1) is 9.42. The first-order valence-electron chi connectivity index (χ1n) is 7.98. The van der Waals surface area contributed by atoms with Gasteiger partial charge in [0.1, 0.15) is 5.60 Å². The molecule has 0 bridgehead atoms. The number of nitrogens with zero attached hydrogens (tertiary/aromatic N) is 1. The minimum Gasteiger partial charge on any atom is -0.444 e. The summed E-state index contributed by atoms with van der Waals surface area (Å²) in [5.41, 5.74) is -0.402. The topological polar surface area (TPSA) is 38.8 Å². The molecule has 0 aromatic heterocycles. The van der Waals surface area contributed by atoms with Gasteiger partial charge in [0.05, 0.1) is 0 Å². The van der Waals surface area contributed by atoms with Crippen LogP contribution in [0.15, 0.2) is 0 Å². The Morgan fingerprint density at radius 3 is 2.40 bits per heavy atom. The van der Waals surface area contributed by atoms with E-state index in [0.717, 1.165) is 52.0 Å². The number of piperidine rings is 1. The summed E-state index contributed by atoms with van der Waals surface area (Å²) in [5, 5.41) is 0. The minimum atomic E-state index is -0.402. The van der Waals surface area contributed by atoms with Crippen molar-refractivity contribution < 1.29 is 14.3 Å². The summed E-state index contributed by atoms with van der Waals surface area (Å²) >= 11 is 0. The molecule has 0 spiro atoms. The molecular formula is C16H31NO3. The molecular weight excluding hydrogens is 254 g/mol. The van der Waals surface area contributed by atoms with Crippen LogP contribution in [-0.4, -0.2) is 42.9 Å². The molecule has 0 unspecified atom stereocenters. The molecule has 1 amide bonds. The lowest BCUT2D eigenvalue weighted by atomic mass is 9.94. The fourth-order valence-electron chi connectivity index (χ4n) is 2.33. The van der Waals surface area contributed by atoms with E-state index >= 15 is 0 Å². The van der Waals surface area contributed by atoms with Crippen molar-refractivity contribution in [1.82, 2.24) is 4.90 Å². The monoisotopic (exact) mass is 285 g/mol. The summed E-state index contributed by atoms with van der Waals surface area (Å²) in [6, 6.07) is 0. The van der Waals surface area contributed by atoms with E-state index in [0.29, 0.717) is 5.92 Å². The SMILES string of the molecule is CCCCOCCC1CCN(C(=O)OC(C)(C)C)CC1. The van der Waals surface area contributed by atoms with E-state index in [2.05, 4.69) is 6.92 Å². The van der Waals surface area contributed by atoms with Crippen LogP contribution >= 0.6 is 0 Å². The van der Waals surface area contributed by atoms with Crippen molar-refractivity contribution in [3.8, 4) is 0 Å². The van der Waals surface area contributed by atoms with E-state index in [1.165, 1.54) is 6.42 Å².